The molecule has 0 amide bonds. The number of benzene rings is 2. The fraction of sp³-hybridized carbons (Fsp3) is 0.333. The van der Waals surface area contributed by atoms with Crippen LogP contribution in [-0.4, -0.2) is 34.1 Å². The minimum absolute atomic E-state index is 0.0227. The predicted octanol–water partition coefficient (Wildman–Crippen LogP) is 6.54. The maximum Gasteiger partial charge on any atom is 0.573 e. The number of nitrogens with zero attached hydrogens (tertiary/aromatic N) is 2. The van der Waals surface area contributed by atoms with E-state index in [9.17, 15) is 31.4 Å². The number of rotatable bonds is 8. The summed E-state index contributed by atoms with van der Waals surface area (Å²) in [7, 11) is 0. The highest BCUT2D eigenvalue weighted by molar-refractivity contribution is 5.70. The molecule has 36 heavy (non-hydrogen) atoms. The van der Waals surface area contributed by atoms with Crippen molar-refractivity contribution in [3.8, 4) is 17.0 Å². The van der Waals surface area contributed by atoms with Crippen LogP contribution >= 0.6 is 0 Å². The molecule has 0 saturated carbocycles. The summed E-state index contributed by atoms with van der Waals surface area (Å²) >= 11 is 0. The maximum atomic E-state index is 13.4. The number of aromatic nitrogens is 2. The van der Waals surface area contributed by atoms with Gasteiger partial charge in [-0.15, -0.1) is 13.2 Å². The molecule has 0 aliphatic rings. The van der Waals surface area contributed by atoms with Crippen LogP contribution in [0.4, 0.5) is 43.8 Å². The molecule has 0 saturated heterocycles. The van der Waals surface area contributed by atoms with Crippen LogP contribution in [0.2, 0.25) is 0 Å². The molecular formula is C24H24F6N4O2. The Balaban J connectivity index is 2.06. The number of nitrogens with one attached hydrogen (secondary N) is 2. The van der Waals surface area contributed by atoms with Crippen LogP contribution in [0.1, 0.15) is 25.0 Å². The van der Waals surface area contributed by atoms with Gasteiger partial charge in [0.2, 0.25) is 5.95 Å². The number of hydrogen-bond donors (Lipinski definition) is 3. The molecule has 0 fully saturated rings. The second kappa shape index (κ2) is 10.6. The number of ether oxygens (including phenoxy) is 1. The average molecular weight is 514 g/mol. The number of hydrogen-bond acceptors (Lipinski definition) is 6. The van der Waals surface area contributed by atoms with Crippen LogP contribution in [0.15, 0.2) is 48.5 Å². The van der Waals surface area contributed by atoms with Crippen LogP contribution < -0.4 is 15.4 Å². The Morgan fingerprint density at radius 2 is 1.67 bits per heavy atom. The fourth-order valence-electron chi connectivity index (χ4n) is 3.38. The summed E-state index contributed by atoms with van der Waals surface area (Å²) in [5.41, 5.74) is -0.325. The second-order valence-electron chi connectivity index (χ2n) is 8.32. The molecule has 3 rings (SSSR count). The Labute approximate surface area is 203 Å². The predicted molar refractivity (Wildman–Crippen MR) is 123 cm³/mol. The van der Waals surface area contributed by atoms with Crippen molar-refractivity contribution < 1.29 is 36.2 Å². The molecule has 1 atom stereocenters. The third-order valence-corrected chi connectivity index (χ3v) is 5.31. The normalized spacial score (nSPS) is 13.0. The number of aliphatic hydroxyl groups excluding tert-OH is 1. The zero-order valence-electron chi connectivity index (χ0n) is 19.5. The van der Waals surface area contributed by atoms with Gasteiger partial charge in [0, 0.05) is 17.3 Å². The Morgan fingerprint density at radius 1 is 0.972 bits per heavy atom. The van der Waals surface area contributed by atoms with Gasteiger partial charge in [0.05, 0.1) is 23.9 Å². The molecule has 3 N–H and O–H groups in total. The standard InChI is InChI=1S/C24H24F6N4O2/c1-13(2)20(12-35)33-22-32-19(15-6-4-7-16(10-15)36-24(28,29)30)11-21(34-22)31-18-9-5-8-17(14(18)3)23(25,26)27/h4-11,13,20,35H,12H2,1-3H3,(H2,31,32,33,34)/t20-/m0/s1. The topological polar surface area (TPSA) is 79.3 Å². The molecule has 1 heterocycles. The van der Waals surface area contributed by atoms with Crippen molar-refractivity contribution >= 4 is 17.5 Å². The van der Waals surface area contributed by atoms with Gasteiger partial charge in [-0.2, -0.15) is 18.2 Å². The highest BCUT2D eigenvalue weighted by atomic mass is 19.4. The second-order valence-corrected chi connectivity index (χ2v) is 8.32. The SMILES string of the molecule is Cc1c(Nc2cc(-c3cccc(OC(F)(F)F)c3)nc(N[C@@H](CO)C(C)C)n2)cccc1C(F)(F)F. The van der Waals surface area contributed by atoms with E-state index < -0.39 is 29.9 Å². The van der Waals surface area contributed by atoms with Gasteiger partial charge in [-0.1, -0.05) is 32.0 Å². The van der Waals surface area contributed by atoms with Crippen molar-refractivity contribution in [2.24, 2.45) is 5.92 Å². The number of anilines is 3. The van der Waals surface area contributed by atoms with Crippen LogP contribution in [0.3, 0.4) is 0 Å². The summed E-state index contributed by atoms with van der Waals surface area (Å²) < 4.78 is 82.1. The summed E-state index contributed by atoms with van der Waals surface area (Å²) in [5.74, 6) is -0.387. The van der Waals surface area contributed by atoms with Gasteiger partial charge < -0.3 is 20.5 Å². The van der Waals surface area contributed by atoms with Gasteiger partial charge in [0.15, 0.2) is 0 Å². The van der Waals surface area contributed by atoms with E-state index in [1.807, 2.05) is 13.8 Å². The molecule has 0 aliphatic carbocycles. The number of halogens is 6. The molecule has 0 bridgehead atoms. The van der Waals surface area contributed by atoms with E-state index in [1.165, 1.54) is 37.3 Å². The van der Waals surface area contributed by atoms with Crippen molar-refractivity contribution in [3.63, 3.8) is 0 Å². The summed E-state index contributed by atoms with van der Waals surface area (Å²) in [6.07, 6.45) is -9.45. The minimum atomic E-state index is -4.89. The highest BCUT2D eigenvalue weighted by Crippen LogP contribution is 2.36. The van der Waals surface area contributed by atoms with Crippen molar-refractivity contribution in [2.75, 3.05) is 17.2 Å². The van der Waals surface area contributed by atoms with E-state index in [0.29, 0.717) is 0 Å². The molecule has 0 aliphatic heterocycles. The lowest BCUT2D eigenvalue weighted by Gasteiger charge is -2.21. The first-order valence-corrected chi connectivity index (χ1v) is 10.8. The van der Waals surface area contributed by atoms with Crippen molar-refractivity contribution in [3.05, 3.63) is 59.7 Å². The first-order chi connectivity index (χ1) is 16.8. The van der Waals surface area contributed by atoms with Crippen LogP contribution in [0, 0.1) is 12.8 Å². The zero-order valence-corrected chi connectivity index (χ0v) is 19.5. The molecule has 12 heteroatoms. The molecule has 0 unspecified atom stereocenters. The Bertz CT molecular complexity index is 1200. The molecule has 2 aromatic carbocycles. The number of aliphatic hydroxyl groups is 1. The van der Waals surface area contributed by atoms with Crippen molar-refractivity contribution in [1.29, 1.82) is 0 Å². The molecular weight excluding hydrogens is 490 g/mol. The van der Waals surface area contributed by atoms with Crippen molar-refractivity contribution in [1.82, 2.24) is 9.97 Å². The van der Waals surface area contributed by atoms with E-state index in [0.717, 1.165) is 18.2 Å². The lowest BCUT2D eigenvalue weighted by Crippen LogP contribution is -2.30. The molecule has 0 spiro atoms. The average Bonchev–Trinajstić information content (AvgIpc) is 2.77. The van der Waals surface area contributed by atoms with E-state index in [-0.39, 0.29) is 46.8 Å². The largest absolute Gasteiger partial charge is 0.573 e. The molecule has 0 radical (unpaired) electrons. The van der Waals surface area contributed by atoms with E-state index in [1.54, 1.807) is 0 Å². The molecule has 6 nitrogen and oxygen atoms in total. The van der Waals surface area contributed by atoms with Crippen molar-refractivity contribution in [2.45, 2.75) is 39.4 Å². The van der Waals surface area contributed by atoms with E-state index in [2.05, 4.69) is 25.3 Å². The first kappa shape index (κ1) is 27.1. The third kappa shape index (κ3) is 7.00. The smallest absolute Gasteiger partial charge is 0.406 e. The summed E-state index contributed by atoms with van der Waals surface area (Å²) in [6, 6.07) is 9.69. The van der Waals surface area contributed by atoms with Gasteiger partial charge in [0.1, 0.15) is 11.6 Å². The van der Waals surface area contributed by atoms with E-state index in [4.69, 9.17) is 0 Å². The molecule has 194 valence electrons. The number of alkyl halides is 6. The highest BCUT2D eigenvalue weighted by Gasteiger charge is 2.33. The van der Waals surface area contributed by atoms with Crippen LogP contribution in [0.25, 0.3) is 11.3 Å². The fourth-order valence-corrected chi connectivity index (χ4v) is 3.38. The quantitative estimate of drug-likeness (QED) is 0.296. The van der Waals surface area contributed by atoms with E-state index >= 15 is 0 Å². The molecule has 1 aromatic heterocycles. The monoisotopic (exact) mass is 514 g/mol. The van der Waals surface area contributed by atoms with Gasteiger partial charge >= 0.3 is 12.5 Å². The summed E-state index contributed by atoms with van der Waals surface area (Å²) in [5, 5.41) is 15.5. The minimum Gasteiger partial charge on any atom is -0.406 e. The van der Waals surface area contributed by atoms with Crippen LogP contribution in [-0.2, 0) is 6.18 Å². The van der Waals surface area contributed by atoms with Gasteiger partial charge in [-0.3, -0.25) is 0 Å². The van der Waals surface area contributed by atoms with Gasteiger partial charge in [-0.05, 0) is 42.7 Å². The lowest BCUT2D eigenvalue weighted by molar-refractivity contribution is -0.274. The van der Waals surface area contributed by atoms with Crippen LogP contribution in [0.5, 0.6) is 5.75 Å². The first-order valence-electron chi connectivity index (χ1n) is 10.8. The third-order valence-electron chi connectivity index (χ3n) is 5.31. The maximum absolute atomic E-state index is 13.4. The Morgan fingerprint density at radius 3 is 2.28 bits per heavy atom. The van der Waals surface area contributed by atoms with Gasteiger partial charge in [-0.25, -0.2) is 4.98 Å². The zero-order chi connectivity index (χ0) is 26.7. The summed E-state index contributed by atoms with van der Waals surface area (Å²) in [4.78, 5) is 8.64. The Hall–Kier alpha value is -3.54. The summed E-state index contributed by atoms with van der Waals surface area (Å²) in [6.45, 7) is 4.75. The lowest BCUT2D eigenvalue weighted by atomic mass is 10.1. The Kier molecular flexibility index (Phi) is 7.97. The molecule has 3 aromatic rings. The van der Waals surface area contributed by atoms with Gasteiger partial charge in [0.25, 0.3) is 0 Å².